The molecule has 0 aliphatic rings. The molecule has 0 saturated carbocycles. The fraction of sp³-hybridized carbons (Fsp3) is 0.0345. The highest BCUT2D eigenvalue weighted by atomic mass is 79.9. The highest BCUT2D eigenvalue weighted by Crippen LogP contribution is 2.29. The lowest BCUT2D eigenvalue weighted by molar-refractivity contribution is -0.117. The third-order valence-electron chi connectivity index (χ3n) is 5.13. The highest BCUT2D eigenvalue weighted by molar-refractivity contribution is 9.10. The molecule has 0 fully saturated rings. The molecule has 4 rings (SSSR count). The van der Waals surface area contributed by atoms with Crippen molar-refractivity contribution in [1.29, 1.82) is 0 Å². The molecule has 2 amide bonds. The second-order valence-electron chi connectivity index (χ2n) is 7.79. The van der Waals surface area contributed by atoms with Crippen molar-refractivity contribution in [2.75, 3.05) is 0 Å². The van der Waals surface area contributed by atoms with Crippen molar-refractivity contribution in [3.05, 3.63) is 136 Å². The van der Waals surface area contributed by atoms with Crippen molar-refractivity contribution in [3.63, 3.8) is 0 Å². The molecule has 2 N–H and O–H groups in total. The summed E-state index contributed by atoms with van der Waals surface area (Å²) in [7, 11) is 0. The van der Waals surface area contributed by atoms with Crippen LogP contribution in [0.1, 0.15) is 21.5 Å². The van der Waals surface area contributed by atoms with Crippen LogP contribution >= 0.6 is 15.9 Å². The molecule has 180 valence electrons. The molecular weight excluding hydrogens is 523 g/mol. The maximum Gasteiger partial charge on any atom is 0.268 e. The lowest BCUT2D eigenvalue weighted by atomic mass is 10.1. The summed E-state index contributed by atoms with van der Waals surface area (Å²) >= 11 is 3.45. The first kappa shape index (κ1) is 24.9. The van der Waals surface area contributed by atoms with Crippen LogP contribution < -0.4 is 15.4 Å². The van der Waals surface area contributed by atoms with Crippen LogP contribution in [0.25, 0.3) is 6.08 Å². The van der Waals surface area contributed by atoms with Gasteiger partial charge in [0.05, 0.1) is 4.47 Å². The lowest BCUT2D eigenvalue weighted by Gasteiger charge is -2.12. The molecule has 4 aromatic carbocycles. The number of hydrogen-bond donors (Lipinski definition) is 2. The Labute approximate surface area is 216 Å². The van der Waals surface area contributed by atoms with Gasteiger partial charge in [-0.15, -0.1) is 0 Å². The number of ether oxygens (including phenoxy) is 1. The van der Waals surface area contributed by atoms with Crippen molar-refractivity contribution >= 4 is 33.8 Å². The molecule has 5 nitrogen and oxygen atoms in total. The van der Waals surface area contributed by atoms with Gasteiger partial charge in [-0.2, -0.15) is 0 Å². The van der Waals surface area contributed by atoms with Crippen molar-refractivity contribution in [2.24, 2.45) is 0 Å². The Morgan fingerprint density at radius 1 is 0.861 bits per heavy atom. The molecule has 0 aromatic heterocycles. The molecule has 0 heterocycles. The first-order chi connectivity index (χ1) is 17.5. The number of amides is 2. The van der Waals surface area contributed by atoms with E-state index in [1.165, 1.54) is 12.1 Å². The van der Waals surface area contributed by atoms with Crippen molar-refractivity contribution < 1.29 is 18.7 Å². The van der Waals surface area contributed by atoms with Crippen molar-refractivity contribution in [1.82, 2.24) is 10.6 Å². The summed E-state index contributed by atoms with van der Waals surface area (Å²) in [4.78, 5) is 25.8. The Hall–Kier alpha value is -4.23. The Morgan fingerprint density at radius 2 is 1.58 bits per heavy atom. The van der Waals surface area contributed by atoms with Crippen LogP contribution in [0, 0.1) is 5.82 Å². The average molecular weight is 545 g/mol. The second kappa shape index (κ2) is 12.0. The zero-order valence-corrected chi connectivity index (χ0v) is 20.7. The van der Waals surface area contributed by atoms with Crippen LogP contribution in [0.4, 0.5) is 4.39 Å². The van der Waals surface area contributed by atoms with Crippen LogP contribution in [-0.2, 0) is 11.3 Å². The molecule has 0 radical (unpaired) electrons. The van der Waals surface area contributed by atoms with Gasteiger partial charge in [-0.1, -0.05) is 54.6 Å². The molecule has 0 saturated heterocycles. The van der Waals surface area contributed by atoms with Gasteiger partial charge < -0.3 is 15.4 Å². The van der Waals surface area contributed by atoms with E-state index in [0.717, 1.165) is 4.47 Å². The molecule has 0 spiro atoms. The first-order valence-electron chi connectivity index (χ1n) is 11.1. The van der Waals surface area contributed by atoms with Crippen molar-refractivity contribution in [3.8, 4) is 11.5 Å². The number of carbonyl (C=O) groups is 2. The molecule has 36 heavy (non-hydrogen) atoms. The summed E-state index contributed by atoms with van der Waals surface area (Å²) in [6.45, 7) is 0.105. The number of rotatable bonds is 8. The maximum atomic E-state index is 13.5. The smallest absolute Gasteiger partial charge is 0.268 e. The predicted molar refractivity (Wildman–Crippen MR) is 141 cm³/mol. The van der Waals surface area contributed by atoms with Crippen molar-refractivity contribution in [2.45, 2.75) is 6.54 Å². The van der Waals surface area contributed by atoms with E-state index in [4.69, 9.17) is 4.74 Å². The molecule has 0 atom stereocenters. The van der Waals surface area contributed by atoms with E-state index in [9.17, 15) is 14.0 Å². The predicted octanol–water partition coefficient (Wildman–Crippen LogP) is 6.47. The largest absolute Gasteiger partial charge is 0.456 e. The van der Waals surface area contributed by atoms with Crippen LogP contribution in [0.2, 0.25) is 0 Å². The molecule has 0 aliphatic heterocycles. The summed E-state index contributed by atoms with van der Waals surface area (Å²) in [5.41, 5.74) is 1.75. The molecule has 0 unspecified atom stereocenters. The zero-order valence-electron chi connectivity index (χ0n) is 19.1. The van der Waals surface area contributed by atoms with Crippen LogP contribution in [0.5, 0.6) is 11.5 Å². The molecule has 0 aliphatic carbocycles. The minimum absolute atomic E-state index is 0.0553. The third-order valence-corrected chi connectivity index (χ3v) is 5.78. The molecule has 0 bridgehead atoms. The Balaban J connectivity index is 1.53. The number of carbonyl (C=O) groups excluding carboxylic acids is 2. The zero-order chi connectivity index (χ0) is 25.3. The number of para-hydroxylation sites is 1. The van der Waals surface area contributed by atoms with E-state index < -0.39 is 11.8 Å². The standard InChI is InChI=1S/C29H22BrFN2O3/c30-25-11-4-5-12-27(25)36-24-15-13-20(14-16-24)18-26(33-28(34)22-8-2-1-3-9-22)29(35)32-19-21-7-6-10-23(31)17-21/h1-18H,19H2,(H,32,35)(H,33,34)/b26-18+. The normalized spacial score (nSPS) is 11.0. The summed E-state index contributed by atoms with van der Waals surface area (Å²) in [5.74, 6) is -0.0220. The summed E-state index contributed by atoms with van der Waals surface area (Å²) < 4.78 is 20.2. The van der Waals surface area contributed by atoms with Gasteiger partial charge in [-0.3, -0.25) is 9.59 Å². The van der Waals surface area contributed by atoms with Crippen LogP contribution in [-0.4, -0.2) is 11.8 Å². The fourth-order valence-corrected chi connectivity index (χ4v) is 3.69. The van der Waals surface area contributed by atoms with Crippen LogP contribution in [0.3, 0.4) is 0 Å². The van der Waals surface area contributed by atoms with Gasteiger partial charge in [-0.05, 0) is 81.7 Å². The minimum Gasteiger partial charge on any atom is -0.456 e. The van der Waals surface area contributed by atoms with Gasteiger partial charge in [0.2, 0.25) is 0 Å². The molecule has 7 heteroatoms. The summed E-state index contributed by atoms with van der Waals surface area (Å²) in [6, 6.07) is 29.2. The number of hydrogen-bond acceptors (Lipinski definition) is 3. The Kier molecular flexibility index (Phi) is 8.26. The van der Waals surface area contributed by atoms with Gasteiger partial charge in [0.1, 0.15) is 23.0 Å². The number of benzene rings is 4. The Bertz CT molecular complexity index is 1390. The van der Waals surface area contributed by atoms with E-state index in [2.05, 4.69) is 26.6 Å². The van der Waals surface area contributed by atoms with E-state index in [-0.39, 0.29) is 18.1 Å². The van der Waals surface area contributed by atoms with Gasteiger partial charge in [-0.25, -0.2) is 4.39 Å². The van der Waals surface area contributed by atoms with Crippen LogP contribution in [0.15, 0.2) is 113 Å². The van der Waals surface area contributed by atoms with E-state index in [0.29, 0.717) is 28.2 Å². The monoisotopic (exact) mass is 544 g/mol. The van der Waals surface area contributed by atoms with Gasteiger partial charge >= 0.3 is 0 Å². The summed E-state index contributed by atoms with van der Waals surface area (Å²) in [5, 5.41) is 5.42. The molecule has 4 aromatic rings. The number of halogens is 2. The number of nitrogens with one attached hydrogen (secondary N) is 2. The second-order valence-corrected chi connectivity index (χ2v) is 8.65. The van der Waals surface area contributed by atoms with E-state index in [1.54, 1.807) is 72.8 Å². The lowest BCUT2D eigenvalue weighted by Crippen LogP contribution is -2.34. The topological polar surface area (TPSA) is 67.4 Å². The van der Waals surface area contributed by atoms with Gasteiger partial charge in [0.25, 0.3) is 11.8 Å². The highest BCUT2D eigenvalue weighted by Gasteiger charge is 2.15. The Morgan fingerprint density at radius 3 is 2.31 bits per heavy atom. The average Bonchev–Trinajstić information content (AvgIpc) is 2.90. The fourth-order valence-electron chi connectivity index (χ4n) is 3.32. The van der Waals surface area contributed by atoms with E-state index >= 15 is 0 Å². The minimum atomic E-state index is -0.503. The maximum absolute atomic E-state index is 13.5. The quantitative estimate of drug-likeness (QED) is 0.250. The third kappa shape index (κ3) is 6.90. The van der Waals surface area contributed by atoms with Gasteiger partial charge in [0, 0.05) is 12.1 Å². The SMILES string of the molecule is O=C(NCc1cccc(F)c1)/C(=C\c1ccc(Oc2ccccc2Br)cc1)NC(=O)c1ccccc1. The first-order valence-corrected chi connectivity index (χ1v) is 11.9. The molecular formula is C29H22BrFN2O3. The van der Waals surface area contributed by atoms with E-state index in [1.807, 2.05) is 24.3 Å². The summed E-state index contributed by atoms with van der Waals surface area (Å²) in [6.07, 6.45) is 1.57. The van der Waals surface area contributed by atoms with Gasteiger partial charge in [0.15, 0.2) is 0 Å².